The Kier molecular flexibility index (Phi) is 3.38. The molecule has 0 fully saturated rings. The summed E-state index contributed by atoms with van der Waals surface area (Å²) in [5.74, 6) is -1.12. The highest BCUT2D eigenvalue weighted by Gasteiger charge is 2.25. The Morgan fingerprint density at radius 1 is 1.25 bits per heavy atom. The van der Waals surface area contributed by atoms with Crippen LogP contribution in [0.3, 0.4) is 0 Å². The Morgan fingerprint density at radius 2 is 2.05 bits per heavy atom. The minimum Gasteiger partial charge on any atom is -0.402 e. The molecule has 0 saturated heterocycles. The van der Waals surface area contributed by atoms with Crippen LogP contribution in [0.15, 0.2) is 47.1 Å². The molecule has 0 saturated carbocycles. The van der Waals surface area contributed by atoms with E-state index >= 15 is 0 Å². The third-order valence-corrected chi connectivity index (χ3v) is 3.78. The van der Waals surface area contributed by atoms with Crippen molar-refractivity contribution in [3.05, 3.63) is 62.7 Å². The van der Waals surface area contributed by atoms with Crippen molar-refractivity contribution >= 4 is 40.9 Å². The van der Waals surface area contributed by atoms with Crippen molar-refractivity contribution < 1.29 is 13.9 Å². The molecule has 2 aromatic rings. The number of nitrogens with zero attached hydrogens (tertiary/aromatic N) is 1. The van der Waals surface area contributed by atoms with Gasteiger partial charge in [0.1, 0.15) is 5.82 Å². The number of cyclic esters (lactones) is 1. The van der Waals surface area contributed by atoms with Gasteiger partial charge in [-0.1, -0.05) is 23.7 Å². The lowest BCUT2D eigenvalue weighted by molar-refractivity contribution is -0.129. The van der Waals surface area contributed by atoms with Crippen LogP contribution in [-0.4, -0.2) is 11.9 Å². The number of hydrogen-bond donors (Lipinski definition) is 0. The van der Waals surface area contributed by atoms with Gasteiger partial charge in [-0.25, -0.2) is 14.2 Å². The molecular weight excluding hydrogens is 301 g/mol. The van der Waals surface area contributed by atoms with Gasteiger partial charge >= 0.3 is 5.97 Å². The van der Waals surface area contributed by atoms with Crippen LogP contribution in [-0.2, 0) is 9.53 Å². The van der Waals surface area contributed by atoms with E-state index in [9.17, 15) is 9.18 Å². The highest BCUT2D eigenvalue weighted by atomic mass is 35.5. The van der Waals surface area contributed by atoms with Gasteiger partial charge in [-0.2, -0.15) is 0 Å². The van der Waals surface area contributed by atoms with E-state index < -0.39 is 11.8 Å². The van der Waals surface area contributed by atoms with Gasteiger partial charge in [0.05, 0.1) is 9.90 Å². The van der Waals surface area contributed by atoms with Crippen LogP contribution < -0.4 is 0 Å². The van der Waals surface area contributed by atoms with Crippen molar-refractivity contribution in [2.75, 3.05) is 0 Å². The van der Waals surface area contributed by atoms with Gasteiger partial charge in [0.15, 0.2) is 5.70 Å². The predicted molar refractivity (Wildman–Crippen MR) is 76.3 cm³/mol. The Labute approximate surface area is 123 Å². The highest BCUT2D eigenvalue weighted by Crippen LogP contribution is 2.26. The second kappa shape index (κ2) is 5.19. The molecule has 1 aliphatic heterocycles. The number of halogens is 2. The Morgan fingerprint density at radius 3 is 2.75 bits per heavy atom. The molecule has 1 aromatic heterocycles. The SMILES string of the molecule is O=C1OC(c2ccccc2F)=NC1=Cc1ccc(Cl)s1. The number of carbonyl (C=O) groups excluding carboxylic acids is 1. The monoisotopic (exact) mass is 307 g/mol. The topological polar surface area (TPSA) is 38.7 Å². The molecule has 0 bridgehead atoms. The number of hydrogen-bond acceptors (Lipinski definition) is 4. The van der Waals surface area contributed by atoms with E-state index in [0.717, 1.165) is 4.88 Å². The largest absolute Gasteiger partial charge is 0.402 e. The first-order valence-electron chi connectivity index (χ1n) is 5.66. The number of ether oxygens (including phenoxy) is 1. The maximum atomic E-state index is 13.6. The second-order valence-electron chi connectivity index (χ2n) is 3.96. The molecule has 0 amide bonds. The molecule has 0 aliphatic carbocycles. The van der Waals surface area contributed by atoms with E-state index in [-0.39, 0.29) is 17.2 Å². The molecule has 3 nitrogen and oxygen atoms in total. The zero-order valence-electron chi connectivity index (χ0n) is 9.97. The quantitative estimate of drug-likeness (QED) is 0.624. The number of carbonyl (C=O) groups is 1. The Bertz CT molecular complexity index is 751. The van der Waals surface area contributed by atoms with Gasteiger partial charge in [0.2, 0.25) is 5.90 Å². The molecule has 0 radical (unpaired) electrons. The van der Waals surface area contributed by atoms with E-state index in [1.54, 1.807) is 30.3 Å². The predicted octanol–water partition coefficient (Wildman–Crippen LogP) is 3.89. The molecule has 0 unspecified atom stereocenters. The minimum atomic E-state index is -0.604. The molecule has 3 rings (SSSR count). The summed E-state index contributed by atoms with van der Waals surface area (Å²) in [5.41, 5.74) is 0.287. The van der Waals surface area contributed by atoms with Crippen LogP contribution in [0.25, 0.3) is 6.08 Å². The van der Waals surface area contributed by atoms with Crippen LogP contribution >= 0.6 is 22.9 Å². The summed E-state index contributed by atoms with van der Waals surface area (Å²) in [5, 5.41) is 0. The molecule has 100 valence electrons. The third kappa shape index (κ3) is 2.50. The van der Waals surface area contributed by atoms with Crippen molar-refractivity contribution in [2.45, 2.75) is 0 Å². The zero-order chi connectivity index (χ0) is 14.1. The Hall–Kier alpha value is -1.98. The van der Waals surface area contributed by atoms with E-state index in [1.165, 1.54) is 23.5 Å². The van der Waals surface area contributed by atoms with Gasteiger partial charge in [-0.15, -0.1) is 11.3 Å². The van der Waals surface area contributed by atoms with Crippen LogP contribution in [0.2, 0.25) is 4.34 Å². The number of benzene rings is 1. The smallest absolute Gasteiger partial charge is 0.363 e. The lowest BCUT2D eigenvalue weighted by Crippen LogP contribution is -2.07. The van der Waals surface area contributed by atoms with Crippen LogP contribution in [0, 0.1) is 5.82 Å². The summed E-state index contributed by atoms with van der Waals surface area (Å²) in [4.78, 5) is 16.5. The first kappa shape index (κ1) is 13.0. The summed E-state index contributed by atoms with van der Waals surface area (Å²) in [6.07, 6.45) is 1.56. The van der Waals surface area contributed by atoms with E-state index in [4.69, 9.17) is 16.3 Å². The fraction of sp³-hybridized carbons (Fsp3) is 0. The van der Waals surface area contributed by atoms with Crippen molar-refractivity contribution in [1.82, 2.24) is 0 Å². The molecular formula is C14H7ClFNO2S. The van der Waals surface area contributed by atoms with Gasteiger partial charge in [0, 0.05) is 4.88 Å². The lowest BCUT2D eigenvalue weighted by Gasteiger charge is -1.99. The maximum absolute atomic E-state index is 13.6. The molecule has 6 heteroatoms. The first-order valence-corrected chi connectivity index (χ1v) is 6.86. The van der Waals surface area contributed by atoms with Gasteiger partial charge < -0.3 is 4.74 Å². The summed E-state index contributed by atoms with van der Waals surface area (Å²) in [6.45, 7) is 0. The van der Waals surface area contributed by atoms with Gasteiger partial charge in [-0.05, 0) is 30.3 Å². The second-order valence-corrected chi connectivity index (χ2v) is 5.70. The standard InChI is InChI=1S/C14H7ClFNO2S/c15-12-6-5-8(20-12)7-11-14(18)19-13(17-11)9-3-1-2-4-10(9)16/h1-7H. The average molecular weight is 308 g/mol. The van der Waals surface area contributed by atoms with Crippen molar-refractivity contribution in [3.8, 4) is 0 Å². The highest BCUT2D eigenvalue weighted by molar-refractivity contribution is 7.17. The van der Waals surface area contributed by atoms with Crippen molar-refractivity contribution in [2.24, 2.45) is 4.99 Å². The summed E-state index contributed by atoms with van der Waals surface area (Å²) in [7, 11) is 0. The van der Waals surface area contributed by atoms with E-state index in [0.29, 0.717) is 4.34 Å². The van der Waals surface area contributed by atoms with Crippen molar-refractivity contribution in [1.29, 1.82) is 0 Å². The lowest BCUT2D eigenvalue weighted by atomic mass is 10.2. The van der Waals surface area contributed by atoms with Crippen LogP contribution in [0.4, 0.5) is 4.39 Å². The Balaban J connectivity index is 1.97. The zero-order valence-corrected chi connectivity index (χ0v) is 11.5. The summed E-state index contributed by atoms with van der Waals surface area (Å²) >= 11 is 7.13. The fourth-order valence-corrected chi connectivity index (χ4v) is 2.70. The molecule has 0 N–H and O–H groups in total. The molecule has 20 heavy (non-hydrogen) atoms. The maximum Gasteiger partial charge on any atom is 0.363 e. The minimum absolute atomic E-state index is 0.0259. The van der Waals surface area contributed by atoms with Crippen LogP contribution in [0.1, 0.15) is 10.4 Å². The summed E-state index contributed by atoms with van der Waals surface area (Å²) < 4.78 is 19.2. The fourth-order valence-electron chi connectivity index (χ4n) is 1.70. The number of thiophene rings is 1. The molecule has 1 aromatic carbocycles. The normalized spacial score (nSPS) is 16.4. The molecule has 2 heterocycles. The molecule has 0 spiro atoms. The number of esters is 1. The van der Waals surface area contributed by atoms with Crippen LogP contribution in [0.5, 0.6) is 0 Å². The van der Waals surface area contributed by atoms with E-state index in [2.05, 4.69) is 4.99 Å². The van der Waals surface area contributed by atoms with Crippen molar-refractivity contribution in [3.63, 3.8) is 0 Å². The van der Waals surface area contributed by atoms with Gasteiger partial charge in [-0.3, -0.25) is 0 Å². The number of rotatable bonds is 2. The van der Waals surface area contributed by atoms with Gasteiger partial charge in [0.25, 0.3) is 0 Å². The number of aliphatic imine (C=N–C) groups is 1. The van der Waals surface area contributed by atoms with E-state index in [1.807, 2.05) is 0 Å². The summed E-state index contributed by atoms with van der Waals surface area (Å²) in [6, 6.07) is 9.49. The third-order valence-electron chi connectivity index (χ3n) is 2.60. The molecule has 0 atom stereocenters. The first-order chi connectivity index (χ1) is 9.63. The molecule has 1 aliphatic rings. The average Bonchev–Trinajstić information content (AvgIpc) is 2.98.